The number of carbonyl (C=O) groups is 1. The van der Waals surface area contributed by atoms with Crippen molar-refractivity contribution in [3.05, 3.63) is 34.3 Å². The molecule has 0 fully saturated rings. The number of aryl methyl sites for hydroxylation is 1. The Morgan fingerprint density at radius 2 is 2.00 bits per heavy atom. The van der Waals surface area contributed by atoms with E-state index in [1.807, 2.05) is 0 Å². The van der Waals surface area contributed by atoms with Crippen molar-refractivity contribution in [1.82, 2.24) is 0 Å². The third-order valence-corrected chi connectivity index (χ3v) is 2.49. The van der Waals surface area contributed by atoms with Crippen LogP contribution in [0.5, 0.6) is 0 Å². The van der Waals surface area contributed by atoms with Gasteiger partial charge in [-0.05, 0) is 37.1 Å². The molecule has 1 aromatic carbocycles. The topological polar surface area (TPSA) is 17.1 Å². The Morgan fingerprint density at radius 3 is 2.50 bits per heavy atom. The summed E-state index contributed by atoms with van der Waals surface area (Å²) < 4.78 is 37.2. The minimum absolute atomic E-state index is 0.0755. The van der Waals surface area contributed by atoms with Gasteiger partial charge in [-0.2, -0.15) is 13.2 Å². The first-order valence-electron chi connectivity index (χ1n) is 4.66. The molecule has 0 aliphatic rings. The van der Waals surface area contributed by atoms with Gasteiger partial charge >= 0.3 is 6.18 Å². The molecule has 0 radical (unpaired) electrons. The summed E-state index contributed by atoms with van der Waals surface area (Å²) in [5.74, 6) is -0.0755. The van der Waals surface area contributed by atoms with Gasteiger partial charge in [-0.3, -0.25) is 0 Å². The van der Waals surface area contributed by atoms with Crippen LogP contribution in [0.4, 0.5) is 13.2 Å². The van der Waals surface area contributed by atoms with Gasteiger partial charge in [-0.15, -0.1) is 0 Å². The lowest BCUT2D eigenvalue weighted by atomic mass is 10.0. The lowest BCUT2D eigenvalue weighted by Gasteiger charge is -2.09. The van der Waals surface area contributed by atoms with E-state index in [1.165, 1.54) is 13.0 Å². The van der Waals surface area contributed by atoms with Gasteiger partial charge in [0, 0.05) is 11.4 Å². The average Bonchev–Trinajstić information content (AvgIpc) is 2.14. The molecule has 0 unspecified atom stereocenters. The number of ketones is 1. The van der Waals surface area contributed by atoms with Crippen LogP contribution in [-0.4, -0.2) is 5.78 Å². The summed E-state index contributed by atoms with van der Waals surface area (Å²) in [6.45, 7) is 1.39. The van der Waals surface area contributed by atoms with Crippen LogP contribution in [0.3, 0.4) is 0 Å². The number of hydrogen-bond donors (Lipinski definition) is 0. The minimum Gasteiger partial charge on any atom is -0.300 e. The summed E-state index contributed by atoms with van der Waals surface area (Å²) >= 11 is 5.75. The maximum absolute atomic E-state index is 12.4. The lowest BCUT2D eigenvalue weighted by Crippen LogP contribution is -2.06. The van der Waals surface area contributed by atoms with Gasteiger partial charge in [0.25, 0.3) is 0 Å². The largest absolute Gasteiger partial charge is 0.416 e. The first-order valence-corrected chi connectivity index (χ1v) is 5.03. The molecule has 0 spiro atoms. The number of halogens is 4. The van der Waals surface area contributed by atoms with Gasteiger partial charge in [0.15, 0.2) is 0 Å². The van der Waals surface area contributed by atoms with Crippen LogP contribution in [0, 0.1) is 0 Å². The lowest BCUT2D eigenvalue weighted by molar-refractivity contribution is -0.137. The van der Waals surface area contributed by atoms with Gasteiger partial charge in [0.2, 0.25) is 0 Å². The second-order valence-electron chi connectivity index (χ2n) is 3.51. The third kappa shape index (κ3) is 3.52. The van der Waals surface area contributed by atoms with Gasteiger partial charge < -0.3 is 4.79 Å². The summed E-state index contributed by atoms with van der Waals surface area (Å²) in [4.78, 5) is 10.7. The molecule has 5 heteroatoms. The zero-order valence-electron chi connectivity index (χ0n) is 8.57. The third-order valence-electron chi connectivity index (χ3n) is 2.12. The highest BCUT2D eigenvalue weighted by atomic mass is 35.5. The number of benzene rings is 1. The molecule has 0 aliphatic carbocycles. The maximum atomic E-state index is 12.4. The van der Waals surface area contributed by atoms with Crippen molar-refractivity contribution in [2.75, 3.05) is 0 Å². The second kappa shape index (κ2) is 4.87. The number of rotatable bonds is 3. The van der Waals surface area contributed by atoms with Crippen molar-refractivity contribution in [3.8, 4) is 0 Å². The zero-order valence-corrected chi connectivity index (χ0v) is 9.32. The molecule has 0 saturated carbocycles. The summed E-state index contributed by atoms with van der Waals surface area (Å²) in [7, 11) is 0. The number of Topliss-reactive ketones (excluding diaryl/α,β-unsaturated/α-hetero) is 1. The van der Waals surface area contributed by atoms with E-state index in [0.717, 1.165) is 12.1 Å². The van der Waals surface area contributed by atoms with E-state index in [1.54, 1.807) is 0 Å². The highest BCUT2D eigenvalue weighted by Crippen LogP contribution is 2.32. The van der Waals surface area contributed by atoms with E-state index < -0.39 is 11.7 Å². The molecule has 0 saturated heterocycles. The second-order valence-corrected chi connectivity index (χ2v) is 3.91. The van der Waals surface area contributed by atoms with Crippen LogP contribution in [0.1, 0.15) is 24.5 Å². The van der Waals surface area contributed by atoms with Gasteiger partial charge in [0.05, 0.1) is 5.56 Å². The summed E-state index contributed by atoms with van der Waals surface area (Å²) in [5, 5.41) is 0.259. The van der Waals surface area contributed by atoms with Gasteiger partial charge in [-0.1, -0.05) is 11.6 Å². The molecule has 0 aromatic heterocycles. The quantitative estimate of drug-likeness (QED) is 0.796. The molecular formula is C11H10ClF3O. The Morgan fingerprint density at radius 1 is 1.38 bits per heavy atom. The fraction of sp³-hybridized carbons (Fsp3) is 0.364. The van der Waals surface area contributed by atoms with Crippen LogP contribution >= 0.6 is 11.6 Å². The summed E-state index contributed by atoms with van der Waals surface area (Å²) in [5.41, 5.74) is -0.387. The van der Waals surface area contributed by atoms with Crippen molar-refractivity contribution in [2.24, 2.45) is 0 Å². The monoisotopic (exact) mass is 250 g/mol. The first-order chi connectivity index (χ1) is 7.30. The Bertz CT molecular complexity index is 399. The first kappa shape index (κ1) is 13.0. The molecule has 88 valence electrons. The highest BCUT2D eigenvalue weighted by molar-refractivity contribution is 6.31. The van der Waals surface area contributed by atoms with Crippen LogP contribution in [-0.2, 0) is 17.4 Å². The van der Waals surface area contributed by atoms with E-state index >= 15 is 0 Å². The van der Waals surface area contributed by atoms with Crippen molar-refractivity contribution >= 4 is 17.4 Å². The van der Waals surface area contributed by atoms with E-state index in [2.05, 4.69) is 0 Å². The van der Waals surface area contributed by atoms with Crippen LogP contribution in [0.25, 0.3) is 0 Å². The number of carbonyl (C=O) groups excluding carboxylic acids is 1. The molecule has 1 aromatic rings. The highest BCUT2D eigenvalue weighted by Gasteiger charge is 2.30. The zero-order chi connectivity index (χ0) is 12.3. The Hall–Kier alpha value is -1.03. The fourth-order valence-corrected chi connectivity index (χ4v) is 1.47. The maximum Gasteiger partial charge on any atom is 0.416 e. The molecule has 0 bridgehead atoms. The predicted octanol–water partition coefficient (Wildman–Crippen LogP) is 3.88. The molecule has 0 atom stereocenters. The summed E-state index contributed by atoms with van der Waals surface area (Å²) in [6.07, 6.45) is -3.95. The number of hydrogen-bond acceptors (Lipinski definition) is 1. The molecule has 0 aliphatic heterocycles. The molecule has 16 heavy (non-hydrogen) atoms. The Kier molecular flexibility index (Phi) is 3.97. The molecule has 1 rings (SSSR count). The average molecular weight is 251 g/mol. The van der Waals surface area contributed by atoms with E-state index in [9.17, 15) is 18.0 Å². The van der Waals surface area contributed by atoms with Crippen molar-refractivity contribution < 1.29 is 18.0 Å². The Labute approximate surface area is 96.2 Å². The van der Waals surface area contributed by atoms with E-state index in [0.29, 0.717) is 5.56 Å². The van der Waals surface area contributed by atoms with Crippen molar-refractivity contribution in [3.63, 3.8) is 0 Å². The van der Waals surface area contributed by atoms with Crippen LogP contribution < -0.4 is 0 Å². The minimum atomic E-state index is -4.38. The van der Waals surface area contributed by atoms with Gasteiger partial charge in [-0.25, -0.2) is 0 Å². The Balaban J connectivity index is 2.95. The molecule has 0 amide bonds. The molecule has 1 nitrogen and oxygen atoms in total. The van der Waals surface area contributed by atoms with Gasteiger partial charge in [0.1, 0.15) is 5.78 Å². The van der Waals surface area contributed by atoms with Crippen LogP contribution in [0.2, 0.25) is 5.02 Å². The standard InChI is InChI=1S/C11H10ClF3O/c1-7(16)2-3-8-6-9(11(13,14)15)4-5-10(8)12/h4-6H,2-3H2,1H3. The number of alkyl halides is 3. The SMILES string of the molecule is CC(=O)CCc1cc(C(F)(F)F)ccc1Cl. The molecular weight excluding hydrogens is 241 g/mol. The van der Waals surface area contributed by atoms with E-state index in [-0.39, 0.29) is 23.6 Å². The van der Waals surface area contributed by atoms with E-state index in [4.69, 9.17) is 11.6 Å². The van der Waals surface area contributed by atoms with Crippen molar-refractivity contribution in [1.29, 1.82) is 0 Å². The molecule has 0 N–H and O–H groups in total. The van der Waals surface area contributed by atoms with Crippen molar-refractivity contribution in [2.45, 2.75) is 25.9 Å². The molecule has 0 heterocycles. The normalized spacial score (nSPS) is 11.6. The summed E-state index contributed by atoms with van der Waals surface area (Å²) in [6, 6.07) is 3.13. The predicted molar refractivity (Wildman–Crippen MR) is 55.5 cm³/mol. The fourth-order valence-electron chi connectivity index (χ4n) is 1.25. The van der Waals surface area contributed by atoms with Crippen LogP contribution in [0.15, 0.2) is 18.2 Å². The smallest absolute Gasteiger partial charge is 0.300 e.